The van der Waals surface area contributed by atoms with Gasteiger partial charge in [-0.05, 0) is 36.6 Å². The van der Waals surface area contributed by atoms with E-state index in [4.69, 9.17) is 0 Å². The minimum absolute atomic E-state index is 0.0226. The first-order chi connectivity index (χ1) is 10.1. The Kier molecular flexibility index (Phi) is 5.42. The van der Waals surface area contributed by atoms with Crippen LogP contribution in [0.15, 0.2) is 24.3 Å². The lowest BCUT2D eigenvalue weighted by molar-refractivity contribution is 0.194. The molecule has 1 fully saturated rings. The number of anilines is 1. The van der Waals surface area contributed by atoms with Crippen LogP contribution in [0.1, 0.15) is 20.3 Å². The largest absolute Gasteiger partial charge is 0.368 e. The molecule has 0 atom stereocenters. The van der Waals surface area contributed by atoms with Crippen molar-refractivity contribution in [2.45, 2.75) is 20.3 Å². The average Bonchev–Trinajstić information content (AvgIpc) is 2.48. The molecule has 1 saturated heterocycles. The molecule has 0 spiro atoms. The molecule has 0 saturated carbocycles. The highest BCUT2D eigenvalue weighted by Crippen LogP contribution is 2.16. The van der Waals surface area contributed by atoms with E-state index < -0.39 is 0 Å². The third-order valence-corrected chi connectivity index (χ3v) is 3.76. The Morgan fingerprint density at radius 3 is 2.38 bits per heavy atom. The number of amides is 2. The van der Waals surface area contributed by atoms with E-state index in [0.717, 1.165) is 31.7 Å². The van der Waals surface area contributed by atoms with Crippen molar-refractivity contribution >= 4 is 11.7 Å². The molecule has 2 rings (SSSR count). The molecule has 2 amide bonds. The van der Waals surface area contributed by atoms with Gasteiger partial charge in [0.15, 0.2) is 0 Å². The summed E-state index contributed by atoms with van der Waals surface area (Å²) in [4.78, 5) is 16.0. The third kappa shape index (κ3) is 4.62. The van der Waals surface area contributed by atoms with Crippen molar-refractivity contribution in [1.82, 2.24) is 10.2 Å². The number of piperazine rings is 1. The Morgan fingerprint density at radius 2 is 1.81 bits per heavy atom. The second kappa shape index (κ2) is 7.29. The summed E-state index contributed by atoms with van der Waals surface area (Å²) in [6, 6.07) is 6.54. The predicted molar refractivity (Wildman–Crippen MR) is 83.0 cm³/mol. The van der Waals surface area contributed by atoms with E-state index in [2.05, 4.69) is 24.1 Å². The number of hydrogen-bond acceptors (Lipinski definition) is 2. The molecule has 116 valence electrons. The molecular weight excluding hydrogens is 269 g/mol. The number of urea groups is 1. The summed E-state index contributed by atoms with van der Waals surface area (Å²) in [6.07, 6.45) is 1.00. The zero-order valence-corrected chi connectivity index (χ0v) is 12.8. The van der Waals surface area contributed by atoms with Crippen molar-refractivity contribution in [1.29, 1.82) is 0 Å². The summed E-state index contributed by atoms with van der Waals surface area (Å²) < 4.78 is 12.9. The van der Waals surface area contributed by atoms with Crippen molar-refractivity contribution in [3.63, 3.8) is 0 Å². The van der Waals surface area contributed by atoms with Gasteiger partial charge in [-0.25, -0.2) is 9.18 Å². The van der Waals surface area contributed by atoms with Crippen LogP contribution >= 0.6 is 0 Å². The third-order valence-electron chi connectivity index (χ3n) is 3.76. The highest BCUT2D eigenvalue weighted by atomic mass is 19.1. The van der Waals surface area contributed by atoms with Crippen LogP contribution in [0.3, 0.4) is 0 Å². The fourth-order valence-electron chi connectivity index (χ4n) is 2.40. The van der Waals surface area contributed by atoms with E-state index >= 15 is 0 Å². The molecule has 0 bridgehead atoms. The number of hydrogen-bond donors (Lipinski definition) is 1. The molecule has 0 unspecified atom stereocenters. The molecule has 21 heavy (non-hydrogen) atoms. The van der Waals surface area contributed by atoms with Crippen molar-refractivity contribution in [3.8, 4) is 0 Å². The van der Waals surface area contributed by atoms with Gasteiger partial charge in [0.05, 0.1) is 0 Å². The lowest BCUT2D eigenvalue weighted by Crippen LogP contribution is -2.52. The number of carbonyl (C=O) groups excluding carboxylic acids is 1. The quantitative estimate of drug-likeness (QED) is 0.926. The SMILES string of the molecule is CC(C)CCNC(=O)N1CCN(c2ccc(F)cc2)CC1. The number of nitrogens with one attached hydrogen (secondary N) is 1. The number of benzene rings is 1. The highest BCUT2D eigenvalue weighted by Gasteiger charge is 2.20. The summed E-state index contributed by atoms with van der Waals surface area (Å²) in [6.45, 7) is 7.98. The van der Waals surface area contributed by atoms with Gasteiger partial charge < -0.3 is 15.1 Å². The van der Waals surface area contributed by atoms with Crippen LogP contribution in [0, 0.1) is 11.7 Å². The number of rotatable bonds is 4. The second-order valence-electron chi connectivity index (χ2n) is 5.86. The number of carbonyl (C=O) groups is 1. The Morgan fingerprint density at radius 1 is 1.19 bits per heavy atom. The summed E-state index contributed by atoms with van der Waals surface area (Å²) >= 11 is 0. The van der Waals surface area contributed by atoms with Gasteiger partial charge in [-0.15, -0.1) is 0 Å². The summed E-state index contributed by atoms with van der Waals surface area (Å²) in [5, 5.41) is 2.96. The van der Waals surface area contributed by atoms with Gasteiger partial charge in [-0.3, -0.25) is 0 Å². The van der Waals surface area contributed by atoms with E-state index in [1.165, 1.54) is 12.1 Å². The van der Waals surface area contributed by atoms with Crippen molar-refractivity contribution in [2.75, 3.05) is 37.6 Å². The van der Waals surface area contributed by atoms with Crippen LogP contribution in [0.25, 0.3) is 0 Å². The van der Waals surface area contributed by atoms with Gasteiger partial charge >= 0.3 is 6.03 Å². The summed E-state index contributed by atoms with van der Waals surface area (Å²) in [7, 11) is 0. The monoisotopic (exact) mass is 293 g/mol. The van der Waals surface area contributed by atoms with Crippen LogP contribution < -0.4 is 10.2 Å². The maximum Gasteiger partial charge on any atom is 0.317 e. The molecule has 0 radical (unpaired) electrons. The Labute approximate surface area is 125 Å². The molecule has 4 nitrogen and oxygen atoms in total. The minimum Gasteiger partial charge on any atom is -0.368 e. The van der Waals surface area contributed by atoms with Gasteiger partial charge in [0.1, 0.15) is 5.82 Å². The second-order valence-corrected chi connectivity index (χ2v) is 5.86. The molecule has 1 heterocycles. The predicted octanol–water partition coefficient (Wildman–Crippen LogP) is 2.70. The molecule has 0 aromatic heterocycles. The fourth-order valence-corrected chi connectivity index (χ4v) is 2.40. The first kappa shape index (κ1) is 15.6. The maximum absolute atomic E-state index is 12.9. The lowest BCUT2D eigenvalue weighted by atomic mass is 10.1. The summed E-state index contributed by atoms with van der Waals surface area (Å²) in [5.74, 6) is 0.377. The molecule has 1 N–H and O–H groups in total. The standard InChI is InChI=1S/C16H24FN3O/c1-13(2)7-8-18-16(21)20-11-9-19(10-12-20)15-5-3-14(17)4-6-15/h3-6,13H,7-12H2,1-2H3,(H,18,21). The van der Waals surface area contributed by atoms with Gasteiger partial charge in [-0.1, -0.05) is 13.8 Å². The molecule has 1 aliphatic heterocycles. The van der Waals surface area contributed by atoms with E-state index in [9.17, 15) is 9.18 Å². The number of nitrogens with zero attached hydrogens (tertiary/aromatic N) is 2. The van der Waals surface area contributed by atoms with Crippen LogP contribution in [0.5, 0.6) is 0 Å². The average molecular weight is 293 g/mol. The normalized spacial score (nSPS) is 15.4. The number of halogens is 1. The van der Waals surface area contributed by atoms with Crippen LogP contribution in [-0.2, 0) is 0 Å². The van der Waals surface area contributed by atoms with Crippen molar-refractivity contribution in [3.05, 3.63) is 30.1 Å². The Balaban J connectivity index is 1.77. The van der Waals surface area contributed by atoms with Gasteiger partial charge in [0, 0.05) is 38.4 Å². The minimum atomic E-state index is -0.220. The topological polar surface area (TPSA) is 35.6 Å². The zero-order valence-electron chi connectivity index (χ0n) is 12.8. The highest BCUT2D eigenvalue weighted by molar-refractivity contribution is 5.74. The maximum atomic E-state index is 12.9. The van der Waals surface area contributed by atoms with E-state index in [-0.39, 0.29) is 11.8 Å². The molecular formula is C16H24FN3O. The Hall–Kier alpha value is -1.78. The van der Waals surface area contributed by atoms with E-state index in [1.807, 2.05) is 4.90 Å². The van der Waals surface area contributed by atoms with Crippen molar-refractivity contribution in [2.24, 2.45) is 5.92 Å². The van der Waals surface area contributed by atoms with E-state index in [0.29, 0.717) is 19.0 Å². The first-order valence-corrected chi connectivity index (χ1v) is 7.59. The molecule has 5 heteroatoms. The molecule has 1 aliphatic rings. The lowest BCUT2D eigenvalue weighted by Gasteiger charge is -2.36. The van der Waals surface area contributed by atoms with Gasteiger partial charge in [0.2, 0.25) is 0 Å². The van der Waals surface area contributed by atoms with Crippen LogP contribution in [0.2, 0.25) is 0 Å². The van der Waals surface area contributed by atoms with Crippen LogP contribution in [-0.4, -0.2) is 43.7 Å². The molecule has 1 aromatic carbocycles. The van der Waals surface area contributed by atoms with Crippen LogP contribution in [0.4, 0.5) is 14.9 Å². The first-order valence-electron chi connectivity index (χ1n) is 7.59. The van der Waals surface area contributed by atoms with Gasteiger partial charge in [-0.2, -0.15) is 0 Å². The van der Waals surface area contributed by atoms with Gasteiger partial charge in [0.25, 0.3) is 0 Å². The van der Waals surface area contributed by atoms with E-state index in [1.54, 1.807) is 12.1 Å². The Bertz CT molecular complexity index is 453. The van der Waals surface area contributed by atoms with Crippen molar-refractivity contribution < 1.29 is 9.18 Å². The molecule has 1 aromatic rings. The zero-order chi connectivity index (χ0) is 15.2. The molecule has 0 aliphatic carbocycles. The smallest absolute Gasteiger partial charge is 0.317 e. The fraction of sp³-hybridized carbons (Fsp3) is 0.562. The summed E-state index contributed by atoms with van der Waals surface area (Å²) in [5.41, 5.74) is 1.01.